The second-order valence-corrected chi connectivity index (χ2v) is 13.5. The first-order valence-electron chi connectivity index (χ1n) is 14.4. The number of esters is 1. The van der Waals surface area contributed by atoms with Gasteiger partial charge in [0.15, 0.2) is 0 Å². The molecule has 10 atom stereocenters. The zero-order chi connectivity index (χ0) is 27.4. The van der Waals surface area contributed by atoms with E-state index in [4.69, 9.17) is 9.47 Å². The minimum Gasteiger partial charge on any atom is -0.459 e. The maximum absolute atomic E-state index is 11.7. The minimum atomic E-state index is -1.49. The lowest BCUT2D eigenvalue weighted by Gasteiger charge is -2.45. The zero-order valence-corrected chi connectivity index (χ0v) is 24.0. The molecule has 0 saturated heterocycles. The molecule has 0 aromatic heterocycles. The van der Waals surface area contributed by atoms with Crippen molar-refractivity contribution in [1.82, 2.24) is 0 Å². The van der Waals surface area contributed by atoms with Crippen LogP contribution in [0.4, 0.5) is 0 Å². The molecule has 0 aromatic carbocycles. The van der Waals surface area contributed by atoms with E-state index in [1.165, 1.54) is 25.3 Å². The Morgan fingerprint density at radius 1 is 1.24 bits per heavy atom. The molecule has 4 rings (SSSR count). The molecule has 0 bridgehead atoms. The monoisotopic (exact) mass is 518 g/mol. The number of methoxy groups -OCH3 is 1. The van der Waals surface area contributed by atoms with Gasteiger partial charge in [0.1, 0.15) is 11.7 Å². The largest absolute Gasteiger partial charge is 0.459 e. The third-order valence-corrected chi connectivity index (χ3v) is 11.2. The van der Waals surface area contributed by atoms with Crippen molar-refractivity contribution in [3.8, 4) is 0 Å². The summed E-state index contributed by atoms with van der Waals surface area (Å²) >= 11 is 0. The molecule has 6 nitrogen and oxygen atoms in total. The number of aliphatic hydroxyl groups excluding tert-OH is 1. The van der Waals surface area contributed by atoms with Crippen LogP contribution in [0.3, 0.4) is 0 Å². The number of carbonyl (C=O) groups excluding carboxylic acids is 1. The van der Waals surface area contributed by atoms with E-state index in [1.807, 2.05) is 13.8 Å². The second-order valence-electron chi connectivity index (χ2n) is 13.5. The summed E-state index contributed by atoms with van der Waals surface area (Å²) in [5.74, 6) is 1.33. The van der Waals surface area contributed by atoms with Gasteiger partial charge in [-0.1, -0.05) is 44.6 Å². The van der Waals surface area contributed by atoms with Crippen molar-refractivity contribution in [2.24, 2.45) is 40.4 Å². The van der Waals surface area contributed by atoms with Crippen LogP contribution in [-0.2, 0) is 14.3 Å². The molecule has 6 heteroatoms. The van der Waals surface area contributed by atoms with Crippen LogP contribution < -0.4 is 0 Å². The van der Waals surface area contributed by atoms with Crippen molar-refractivity contribution in [1.29, 1.82) is 0 Å². The van der Waals surface area contributed by atoms with Crippen LogP contribution in [0.5, 0.6) is 0 Å². The number of aliphatic hydroxyl groups is 3. The van der Waals surface area contributed by atoms with Crippen LogP contribution in [0.1, 0.15) is 86.5 Å². The molecule has 4 aliphatic rings. The smallest absolute Gasteiger partial charge is 0.303 e. The maximum atomic E-state index is 11.7. The summed E-state index contributed by atoms with van der Waals surface area (Å²) < 4.78 is 11.5. The highest BCUT2D eigenvalue weighted by atomic mass is 16.6. The molecule has 3 N–H and O–H groups in total. The first-order chi connectivity index (χ1) is 17.2. The minimum absolute atomic E-state index is 0.0995. The Bertz CT molecular complexity index is 919. The van der Waals surface area contributed by atoms with Gasteiger partial charge in [-0.25, -0.2) is 0 Å². The van der Waals surface area contributed by atoms with Gasteiger partial charge < -0.3 is 24.8 Å². The first-order valence-corrected chi connectivity index (χ1v) is 14.4. The van der Waals surface area contributed by atoms with Crippen LogP contribution in [0.15, 0.2) is 23.8 Å². The first kappa shape index (κ1) is 28.8. The number of hydrogen-bond donors (Lipinski definition) is 3. The molecule has 37 heavy (non-hydrogen) atoms. The van der Waals surface area contributed by atoms with E-state index in [0.29, 0.717) is 24.2 Å². The quantitative estimate of drug-likeness (QED) is 0.300. The molecule has 0 aromatic rings. The van der Waals surface area contributed by atoms with Crippen LogP contribution in [-0.4, -0.2) is 58.4 Å². The predicted molar refractivity (Wildman–Crippen MR) is 144 cm³/mol. The Balaban J connectivity index is 1.56. The Kier molecular flexibility index (Phi) is 7.84. The summed E-state index contributed by atoms with van der Waals surface area (Å²) in [5, 5.41) is 32.3. The number of rotatable bonds is 9. The van der Waals surface area contributed by atoms with Crippen molar-refractivity contribution in [3.63, 3.8) is 0 Å². The van der Waals surface area contributed by atoms with E-state index in [2.05, 4.69) is 39.0 Å². The fourth-order valence-electron chi connectivity index (χ4n) is 8.59. The van der Waals surface area contributed by atoms with Gasteiger partial charge in [-0.3, -0.25) is 4.79 Å². The number of hydrogen-bond acceptors (Lipinski definition) is 6. The predicted octanol–water partition coefficient (Wildman–Crippen LogP) is 4.81. The summed E-state index contributed by atoms with van der Waals surface area (Å²) in [4.78, 5) is 11.7. The van der Waals surface area contributed by atoms with E-state index in [1.54, 1.807) is 7.11 Å². The van der Waals surface area contributed by atoms with Gasteiger partial charge in [-0.2, -0.15) is 0 Å². The summed E-state index contributed by atoms with van der Waals surface area (Å²) in [6.45, 7) is 11.5. The zero-order valence-electron chi connectivity index (χ0n) is 24.0. The molecule has 4 fully saturated rings. The van der Waals surface area contributed by atoms with E-state index < -0.39 is 35.3 Å². The SMILES string of the molecule is COC(/C=C1\CCC[C@]2(C)C([C@H](C)/C=C/[C@H](C)C(C)(C)O)CC[C@@H]12)C12CC1C[C@H](OC(C)=O)C2(O)CO. The lowest BCUT2D eigenvalue weighted by molar-refractivity contribution is -0.184. The van der Waals surface area contributed by atoms with Crippen molar-refractivity contribution >= 4 is 5.97 Å². The summed E-state index contributed by atoms with van der Waals surface area (Å²) in [7, 11) is 1.69. The molecule has 0 aliphatic heterocycles. The van der Waals surface area contributed by atoms with E-state index >= 15 is 0 Å². The third kappa shape index (κ3) is 4.74. The van der Waals surface area contributed by atoms with Crippen LogP contribution >= 0.6 is 0 Å². The van der Waals surface area contributed by atoms with Crippen molar-refractivity contribution < 1.29 is 29.6 Å². The average molecular weight is 519 g/mol. The lowest BCUT2D eigenvalue weighted by atomic mass is 9.60. The van der Waals surface area contributed by atoms with Crippen molar-refractivity contribution in [3.05, 3.63) is 23.8 Å². The lowest BCUT2D eigenvalue weighted by Crippen LogP contribution is -2.55. The highest BCUT2D eigenvalue weighted by Crippen LogP contribution is 2.71. The Morgan fingerprint density at radius 3 is 2.54 bits per heavy atom. The van der Waals surface area contributed by atoms with Gasteiger partial charge in [0.05, 0.1) is 18.3 Å². The fourth-order valence-corrected chi connectivity index (χ4v) is 8.59. The molecule has 5 unspecified atom stereocenters. The second kappa shape index (κ2) is 10.1. The average Bonchev–Trinajstić information content (AvgIpc) is 3.35. The van der Waals surface area contributed by atoms with Crippen LogP contribution in [0, 0.1) is 40.4 Å². The van der Waals surface area contributed by atoms with E-state index in [0.717, 1.165) is 25.7 Å². The topological polar surface area (TPSA) is 96.2 Å². The standard InChI is InChI=1S/C31H50O6/c1-19(10-11-20(2)28(4,5)34)24-12-13-25-22(9-8-14-29(24,25)6)15-26(36-7)30-17-23(30)16-27(37-21(3)33)31(30,35)18-32/h10-11,15,19-20,23-27,32,34-35H,8-9,12-14,16-18H2,1-7H3/b11-10+,22-15+/t19-,20+,23?,24?,25+,26?,27+,29-,30?,31?/m1/s1. The van der Waals surface area contributed by atoms with Gasteiger partial charge in [0, 0.05) is 25.4 Å². The van der Waals surface area contributed by atoms with E-state index in [9.17, 15) is 20.1 Å². The Hall–Kier alpha value is -1.21. The highest BCUT2D eigenvalue weighted by Gasteiger charge is 2.78. The van der Waals surface area contributed by atoms with Crippen LogP contribution in [0.25, 0.3) is 0 Å². The van der Waals surface area contributed by atoms with Gasteiger partial charge in [-0.05, 0) is 87.9 Å². The molecule has 0 amide bonds. The van der Waals surface area contributed by atoms with Gasteiger partial charge in [-0.15, -0.1) is 0 Å². The molecule has 210 valence electrons. The summed E-state index contributed by atoms with van der Waals surface area (Å²) in [6.07, 6.45) is 12.8. The van der Waals surface area contributed by atoms with Crippen LogP contribution in [0.2, 0.25) is 0 Å². The number of fused-ring (bicyclic) bond motifs is 2. The Labute approximate surface area is 223 Å². The number of carbonyl (C=O) groups is 1. The maximum Gasteiger partial charge on any atom is 0.303 e. The fraction of sp³-hybridized carbons (Fsp3) is 0.839. The molecule has 4 saturated carbocycles. The molecular weight excluding hydrogens is 468 g/mol. The Morgan fingerprint density at radius 2 is 1.95 bits per heavy atom. The molecule has 4 aliphatic carbocycles. The molecule has 0 radical (unpaired) electrons. The number of allylic oxidation sites excluding steroid dienone is 2. The molecule has 0 spiro atoms. The van der Waals surface area contributed by atoms with Gasteiger partial charge >= 0.3 is 5.97 Å². The third-order valence-electron chi connectivity index (χ3n) is 11.2. The summed E-state index contributed by atoms with van der Waals surface area (Å²) in [6, 6.07) is 0. The van der Waals surface area contributed by atoms with E-state index in [-0.39, 0.29) is 23.4 Å². The van der Waals surface area contributed by atoms with Gasteiger partial charge in [0.2, 0.25) is 0 Å². The molecule has 0 heterocycles. The number of ether oxygens (including phenoxy) is 2. The van der Waals surface area contributed by atoms with Crippen molar-refractivity contribution in [2.45, 2.75) is 110 Å². The van der Waals surface area contributed by atoms with Gasteiger partial charge in [0.25, 0.3) is 0 Å². The normalized spacial score (nSPS) is 42.9. The molecular formula is C31H50O6. The summed E-state index contributed by atoms with van der Waals surface area (Å²) in [5.41, 5.74) is -1.19. The highest BCUT2D eigenvalue weighted by molar-refractivity contribution is 5.66. The van der Waals surface area contributed by atoms with Crippen molar-refractivity contribution in [2.75, 3.05) is 13.7 Å².